The van der Waals surface area contributed by atoms with Gasteiger partial charge in [-0.2, -0.15) is 5.10 Å². The highest BCUT2D eigenvalue weighted by Gasteiger charge is 2.14. The van der Waals surface area contributed by atoms with Crippen LogP contribution in [0.15, 0.2) is 30.7 Å². The standard InChI is InChI=1S/C14H18N4O2/c1-10(19)3-8-16-14(20)13-9-17-18(11(13)2)12-4-6-15-7-5-12/h4-7,9-10,19H,3,8H2,1-2H3,(H,16,20). The number of nitrogens with zero attached hydrogens (tertiary/aromatic N) is 3. The van der Waals surface area contributed by atoms with E-state index >= 15 is 0 Å². The number of carbonyl (C=O) groups is 1. The van der Waals surface area contributed by atoms with Crippen molar-refractivity contribution in [3.8, 4) is 5.69 Å². The summed E-state index contributed by atoms with van der Waals surface area (Å²) >= 11 is 0. The lowest BCUT2D eigenvalue weighted by atomic mass is 10.2. The van der Waals surface area contributed by atoms with Gasteiger partial charge in [-0.15, -0.1) is 0 Å². The fourth-order valence-corrected chi connectivity index (χ4v) is 1.87. The lowest BCUT2D eigenvalue weighted by Gasteiger charge is -2.07. The minimum absolute atomic E-state index is 0.177. The number of aliphatic hydroxyl groups is 1. The number of hydrogen-bond acceptors (Lipinski definition) is 4. The maximum atomic E-state index is 12.0. The number of rotatable bonds is 5. The molecule has 2 N–H and O–H groups in total. The van der Waals surface area contributed by atoms with Gasteiger partial charge in [0.15, 0.2) is 0 Å². The first-order valence-corrected chi connectivity index (χ1v) is 6.51. The normalized spacial score (nSPS) is 12.2. The molecule has 2 heterocycles. The van der Waals surface area contributed by atoms with Crippen LogP contribution in [-0.2, 0) is 0 Å². The number of hydrogen-bond donors (Lipinski definition) is 2. The van der Waals surface area contributed by atoms with Gasteiger partial charge in [0.1, 0.15) is 0 Å². The SMILES string of the molecule is Cc1c(C(=O)NCCC(C)O)cnn1-c1ccncc1. The van der Waals surface area contributed by atoms with Gasteiger partial charge in [0, 0.05) is 18.9 Å². The molecule has 0 aliphatic rings. The zero-order valence-electron chi connectivity index (χ0n) is 11.6. The second-order valence-corrected chi connectivity index (χ2v) is 4.65. The van der Waals surface area contributed by atoms with Gasteiger partial charge in [-0.3, -0.25) is 9.78 Å². The molecule has 0 aliphatic carbocycles. The van der Waals surface area contributed by atoms with Gasteiger partial charge in [0.05, 0.1) is 29.2 Å². The highest BCUT2D eigenvalue weighted by atomic mass is 16.3. The number of carbonyl (C=O) groups excluding carboxylic acids is 1. The first-order chi connectivity index (χ1) is 9.59. The van der Waals surface area contributed by atoms with E-state index in [1.54, 1.807) is 30.2 Å². The quantitative estimate of drug-likeness (QED) is 0.855. The van der Waals surface area contributed by atoms with Crippen molar-refractivity contribution in [2.24, 2.45) is 0 Å². The molecule has 0 saturated heterocycles. The molecular weight excluding hydrogens is 256 g/mol. The monoisotopic (exact) mass is 274 g/mol. The number of pyridine rings is 1. The molecule has 106 valence electrons. The molecule has 2 aromatic rings. The summed E-state index contributed by atoms with van der Waals surface area (Å²) in [7, 11) is 0. The third-order valence-corrected chi connectivity index (χ3v) is 3.01. The molecule has 0 aliphatic heterocycles. The van der Waals surface area contributed by atoms with E-state index in [-0.39, 0.29) is 5.91 Å². The Bertz CT molecular complexity index is 578. The van der Waals surface area contributed by atoms with Crippen LogP contribution in [0.3, 0.4) is 0 Å². The molecule has 20 heavy (non-hydrogen) atoms. The van der Waals surface area contributed by atoms with Gasteiger partial charge in [0.2, 0.25) is 0 Å². The molecule has 0 aromatic carbocycles. The van der Waals surface area contributed by atoms with Crippen LogP contribution in [0.1, 0.15) is 29.4 Å². The lowest BCUT2D eigenvalue weighted by Crippen LogP contribution is -2.26. The van der Waals surface area contributed by atoms with Gasteiger partial charge < -0.3 is 10.4 Å². The van der Waals surface area contributed by atoms with Crippen molar-refractivity contribution < 1.29 is 9.90 Å². The molecule has 1 unspecified atom stereocenters. The Morgan fingerprint density at radius 3 is 2.80 bits per heavy atom. The largest absolute Gasteiger partial charge is 0.393 e. The predicted molar refractivity (Wildman–Crippen MR) is 74.7 cm³/mol. The van der Waals surface area contributed by atoms with Crippen LogP contribution in [0.5, 0.6) is 0 Å². The fourth-order valence-electron chi connectivity index (χ4n) is 1.87. The van der Waals surface area contributed by atoms with Crippen LogP contribution in [0.4, 0.5) is 0 Å². The third kappa shape index (κ3) is 3.21. The second kappa shape index (κ2) is 6.29. The summed E-state index contributed by atoms with van der Waals surface area (Å²) < 4.78 is 1.70. The van der Waals surface area contributed by atoms with E-state index in [2.05, 4.69) is 15.4 Å². The van der Waals surface area contributed by atoms with Crippen molar-refractivity contribution in [3.05, 3.63) is 42.0 Å². The van der Waals surface area contributed by atoms with Crippen LogP contribution in [0.25, 0.3) is 5.69 Å². The summed E-state index contributed by atoms with van der Waals surface area (Å²) in [5.41, 5.74) is 2.17. The minimum Gasteiger partial charge on any atom is -0.393 e. The molecule has 1 amide bonds. The van der Waals surface area contributed by atoms with Crippen molar-refractivity contribution in [1.29, 1.82) is 0 Å². The number of amides is 1. The Hall–Kier alpha value is -2.21. The molecule has 0 bridgehead atoms. The van der Waals surface area contributed by atoms with Crippen LogP contribution in [-0.4, -0.2) is 38.4 Å². The average Bonchev–Trinajstić information content (AvgIpc) is 2.81. The van der Waals surface area contributed by atoms with Crippen LogP contribution < -0.4 is 5.32 Å². The topological polar surface area (TPSA) is 80.0 Å². The fraction of sp³-hybridized carbons (Fsp3) is 0.357. The molecule has 6 nitrogen and oxygen atoms in total. The van der Waals surface area contributed by atoms with Crippen LogP contribution in [0.2, 0.25) is 0 Å². The van der Waals surface area contributed by atoms with E-state index in [0.717, 1.165) is 11.4 Å². The Labute approximate surface area is 117 Å². The maximum Gasteiger partial charge on any atom is 0.254 e. The summed E-state index contributed by atoms with van der Waals surface area (Å²) in [6.07, 6.45) is 5.02. The van der Waals surface area contributed by atoms with Crippen LogP contribution >= 0.6 is 0 Å². The van der Waals surface area contributed by atoms with Crippen molar-refractivity contribution in [3.63, 3.8) is 0 Å². The summed E-state index contributed by atoms with van der Waals surface area (Å²) in [5.74, 6) is -0.177. The lowest BCUT2D eigenvalue weighted by molar-refractivity contribution is 0.0945. The summed E-state index contributed by atoms with van der Waals surface area (Å²) in [6.45, 7) is 3.98. The number of aliphatic hydroxyl groups excluding tert-OH is 1. The Morgan fingerprint density at radius 1 is 1.45 bits per heavy atom. The second-order valence-electron chi connectivity index (χ2n) is 4.65. The maximum absolute atomic E-state index is 12.0. The van der Waals surface area contributed by atoms with Crippen molar-refractivity contribution in [2.75, 3.05) is 6.54 Å². The number of aromatic nitrogens is 3. The Kier molecular flexibility index (Phi) is 4.47. The summed E-state index contributed by atoms with van der Waals surface area (Å²) in [5, 5.41) is 16.2. The summed E-state index contributed by atoms with van der Waals surface area (Å²) in [6, 6.07) is 3.66. The molecule has 0 radical (unpaired) electrons. The van der Waals surface area contributed by atoms with E-state index in [0.29, 0.717) is 18.5 Å². The van der Waals surface area contributed by atoms with Crippen molar-refractivity contribution >= 4 is 5.91 Å². The first-order valence-electron chi connectivity index (χ1n) is 6.51. The highest BCUT2D eigenvalue weighted by molar-refractivity contribution is 5.95. The molecule has 0 fully saturated rings. The minimum atomic E-state index is -0.420. The Balaban J connectivity index is 2.11. The zero-order valence-corrected chi connectivity index (χ0v) is 11.6. The van der Waals surface area contributed by atoms with Gasteiger partial charge in [0.25, 0.3) is 5.91 Å². The number of nitrogens with one attached hydrogen (secondary N) is 1. The highest BCUT2D eigenvalue weighted by Crippen LogP contribution is 2.13. The first kappa shape index (κ1) is 14.2. The molecule has 2 aromatic heterocycles. The molecule has 0 saturated carbocycles. The van der Waals surface area contributed by atoms with Crippen LogP contribution in [0, 0.1) is 6.92 Å². The molecule has 6 heteroatoms. The van der Waals surface area contributed by atoms with Gasteiger partial charge in [-0.1, -0.05) is 0 Å². The van der Waals surface area contributed by atoms with Gasteiger partial charge >= 0.3 is 0 Å². The van der Waals surface area contributed by atoms with E-state index in [4.69, 9.17) is 5.11 Å². The summed E-state index contributed by atoms with van der Waals surface area (Å²) in [4.78, 5) is 16.0. The predicted octanol–water partition coefficient (Wildman–Crippen LogP) is 1.08. The molecule has 0 spiro atoms. The van der Waals surface area contributed by atoms with Gasteiger partial charge in [-0.25, -0.2) is 4.68 Å². The van der Waals surface area contributed by atoms with E-state index < -0.39 is 6.10 Å². The van der Waals surface area contributed by atoms with Gasteiger partial charge in [-0.05, 0) is 32.4 Å². The van der Waals surface area contributed by atoms with E-state index in [1.165, 1.54) is 0 Å². The average molecular weight is 274 g/mol. The smallest absolute Gasteiger partial charge is 0.254 e. The molecule has 1 atom stereocenters. The third-order valence-electron chi connectivity index (χ3n) is 3.01. The van der Waals surface area contributed by atoms with E-state index in [1.807, 2.05) is 19.1 Å². The van der Waals surface area contributed by atoms with E-state index in [9.17, 15) is 4.79 Å². The van der Waals surface area contributed by atoms with Crippen molar-refractivity contribution in [1.82, 2.24) is 20.1 Å². The zero-order chi connectivity index (χ0) is 14.5. The molecular formula is C14H18N4O2. The van der Waals surface area contributed by atoms with Crippen molar-refractivity contribution in [2.45, 2.75) is 26.4 Å². The molecule has 2 rings (SSSR count). The Morgan fingerprint density at radius 2 is 2.15 bits per heavy atom.